The highest BCUT2D eigenvalue weighted by Gasteiger charge is 2.28. The zero-order chi connectivity index (χ0) is 12.9. The molecule has 1 aromatic rings. The minimum Gasteiger partial charge on any atom is -0.477 e. The number of carboxylic acid groups (broad SMARTS) is 1. The number of hydrogen-bond donors (Lipinski definition) is 1. The highest BCUT2D eigenvalue weighted by Crippen LogP contribution is 2.20. The minimum absolute atomic E-state index is 0.0720. The van der Waals surface area contributed by atoms with Crippen molar-refractivity contribution in [2.45, 2.75) is 11.3 Å². The lowest BCUT2D eigenvalue weighted by molar-refractivity contribution is -0.322. The second-order valence-electron chi connectivity index (χ2n) is 2.82. The van der Waals surface area contributed by atoms with Gasteiger partial charge in [-0.1, -0.05) is 0 Å². The van der Waals surface area contributed by atoms with Crippen LogP contribution in [-0.2, 0) is 4.74 Å². The van der Waals surface area contributed by atoms with E-state index in [1.54, 1.807) is 0 Å². The van der Waals surface area contributed by atoms with Crippen LogP contribution in [0, 0.1) is 0 Å². The summed E-state index contributed by atoms with van der Waals surface area (Å²) >= 11 is 1.06. The van der Waals surface area contributed by atoms with Crippen LogP contribution in [0.5, 0.6) is 0 Å². The Morgan fingerprint density at radius 2 is 2.24 bits per heavy atom. The van der Waals surface area contributed by atoms with Gasteiger partial charge in [0.05, 0.1) is 6.61 Å². The Balaban J connectivity index is 2.42. The van der Waals surface area contributed by atoms with Crippen molar-refractivity contribution in [3.05, 3.63) is 24.0 Å². The third-order valence-corrected chi connectivity index (χ3v) is 2.53. The smallest absolute Gasteiger partial charge is 0.477 e. The zero-order valence-electron chi connectivity index (χ0n) is 8.40. The average molecular weight is 267 g/mol. The maximum atomic E-state index is 11.6. The van der Waals surface area contributed by atoms with Gasteiger partial charge < -0.3 is 5.11 Å². The van der Waals surface area contributed by atoms with Gasteiger partial charge in [0.25, 0.3) is 0 Å². The number of nitrogens with zero attached hydrogens (tertiary/aromatic N) is 1. The molecule has 0 fully saturated rings. The van der Waals surface area contributed by atoms with Crippen molar-refractivity contribution in [2.75, 3.05) is 12.4 Å². The molecule has 1 N–H and O–H groups in total. The van der Waals surface area contributed by atoms with Crippen molar-refractivity contribution in [2.24, 2.45) is 0 Å². The molecule has 0 unspecified atom stereocenters. The summed E-state index contributed by atoms with van der Waals surface area (Å²) in [5, 5.41) is 8.64. The lowest BCUT2D eigenvalue weighted by atomic mass is 10.3. The van der Waals surface area contributed by atoms with E-state index in [1.165, 1.54) is 18.3 Å². The molecular formula is C9H8F3NO3S. The number of carboxylic acids is 1. The normalized spacial score (nSPS) is 11.5. The van der Waals surface area contributed by atoms with Gasteiger partial charge in [-0.15, -0.1) is 24.9 Å². The third-order valence-electron chi connectivity index (χ3n) is 1.57. The third kappa shape index (κ3) is 5.55. The molecule has 8 heteroatoms. The number of halogens is 3. The molecule has 0 atom stereocenters. The Labute approximate surface area is 98.8 Å². The number of hydrogen-bond acceptors (Lipinski definition) is 4. The Morgan fingerprint density at radius 1 is 1.53 bits per heavy atom. The van der Waals surface area contributed by atoms with Crippen LogP contribution in [0.3, 0.4) is 0 Å². The van der Waals surface area contributed by atoms with Crippen LogP contribution in [0.1, 0.15) is 10.5 Å². The van der Waals surface area contributed by atoms with Gasteiger partial charge in [0, 0.05) is 16.8 Å². The first-order valence-electron chi connectivity index (χ1n) is 4.41. The molecule has 0 aliphatic rings. The standard InChI is InChI=1S/C9H8F3NO3S/c10-9(11,12)16-3-4-17-6-1-2-13-7(5-6)8(14)15/h1-2,5H,3-4H2,(H,14,15). The summed E-state index contributed by atoms with van der Waals surface area (Å²) in [5.74, 6) is -1.11. The van der Waals surface area contributed by atoms with E-state index in [-0.39, 0.29) is 11.4 Å². The number of ether oxygens (including phenoxy) is 1. The molecule has 0 saturated carbocycles. The van der Waals surface area contributed by atoms with Crippen LogP contribution >= 0.6 is 11.8 Å². The van der Waals surface area contributed by atoms with Crippen LogP contribution in [0.15, 0.2) is 23.2 Å². The first-order valence-corrected chi connectivity index (χ1v) is 5.40. The van der Waals surface area contributed by atoms with E-state index in [9.17, 15) is 18.0 Å². The SMILES string of the molecule is O=C(O)c1cc(SCCOC(F)(F)F)ccn1. The number of carbonyl (C=O) groups is 1. The Morgan fingerprint density at radius 3 is 2.82 bits per heavy atom. The van der Waals surface area contributed by atoms with Gasteiger partial charge in [0.1, 0.15) is 5.69 Å². The second-order valence-corrected chi connectivity index (χ2v) is 3.99. The first kappa shape index (κ1) is 13.8. The topological polar surface area (TPSA) is 59.4 Å². The molecule has 1 heterocycles. The molecule has 0 spiro atoms. The molecular weight excluding hydrogens is 259 g/mol. The lowest BCUT2D eigenvalue weighted by Gasteiger charge is -2.06. The molecule has 0 aliphatic heterocycles. The van der Waals surface area contributed by atoms with E-state index >= 15 is 0 Å². The molecule has 1 aromatic heterocycles. The Bertz CT molecular complexity index is 397. The van der Waals surface area contributed by atoms with Gasteiger partial charge in [0.2, 0.25) is 0 Å². The maximum absolute atomic E-state index is 11.6. The van der Waals surface area contributed by atoms with Crippen LogP contribution in [0.2, 0.25) is 0 Å². The van der Waals surface area contributed by atoms with Crippen molar-refractivity contribution in [1.82, 2.24) is 4.98 Å². The van der Waals surface area contributed by atoms with Crippen LogP contribution in [0.25, 0.3) is 0 Å². The van der Waals surface area contributed by atoms with Crippen molar-refractivity contribution in [3.8, 4) is 0 Å². The predicted molar refractivity (Wildman–Crippen MR) is 53.9 cm³/mol. The number of pyridine rings is 1. The fourth-order valence-corrected chi connectivity index (χ4v) is 1.69. The molecule has 4 nitrogen and oxygen atoms in total. The van der Waals surface area contributed by atoms with Crippen LogP contribution in [0.4, 0.5) is 13.2 Å². The number of aromatic nitrogens is 1. The van der Waals surface area contributed by atoms with Gasteiger partial charge in [-0.3, -0.25) is 4.74 Å². The van der Waals surface area contributed by atoms with E-state index in [0.29, 0.717) is 4.90 Å². The van der Waals surface area contributed by atoms with E-state index in [4.69, 9.17) is 5.11 Å². The molecule has 0 amide bonds. The Kier molecular flexibility index (Phi) is 4.76. The number of thioether (sulfide) groups is 1. The van der Waals surface area contributed by atoms with Gasteiger partial charge in [0.15, 0.2) is 0 Å². The summed E-state index contributed by atoms with van der Waals surface area (Å²) in [6.07, 6.45) is -3.35. The highest BCUT2D eigenvalue weighted by molar-refractivity contribution is 7.99. The molecule has 94 valence electrons. The fourth-order valence-electron chi connectivity index (χ4n) is 0.935. The summed E-state index contributed by atoms with van der Waals surface area (Å²) in [6.45, 7) is -0.487. The van der Waals surface area contributed by atoms with Gasteiger partial charge in [-0.2, -0.15) is 0 Å². The van der Waals surface area contributed by atoms with E-state index in [0.717, 1.165) is 11.8 Å². The number of alkyl halides is 3. The van der Waals surface area contributed by atoms with Crippen molar-refractivity contribution < 1.29 is 27.8 Å². The van der Waals surface area contributed by atoms with Crippen molar-refractivity contribution in [3.63, 3.8) is 0 Å². The van der Waals surface area contributed by atoms with Crippen LogP contribution in [-0.4, -0.2) is 34.8 Å². The predicted octanol–water partition coefficient (Wildman–Crippen LogP) is 2.41. The Hall–Kier alpha value is -1.28. The first-order chi connectivity index (χ1) is 7.88. The monoisotopic (exact) mass is 267 g/mol. The summed E-state index contributed by atoms with van der Waals surface area (Å²) in [7, 11) is 0. The van der Waals surface area contributed by atoms with E-state index in [1.807, 2.05) is 0 Å². The molecule has 0 saturated heterocycles. The van der Waals surface area contributed by atoms with Gasteiger partial charge >= 0.3 is 12.3 Å². The molecule has 0 radical (unpaired) electrons. The minimum atomic E-state index is -4.63. The van der Waals surface area contributed by atoms with E-state index in [2.05, 4.69) is 9.72 Å². The molecule has 0 bridgehead atoms. The molecule has 1 rings (SSSR count). The lowest BCUT2D eigenvalue weighted by Crippen LogP contribution is -2.15. The van der Waals surface area contributed by atoms with Gasteiger partial charge in [-0.25, -0.2) is 9.78 Å². The van der Waals surface area contributed by atoms with E-state index < -0.39 is 18.9 Å². The average Bonchev–Trinajstić information content (AvgIpc) is 2.23. The highest BCUT2D eigenvalue weighted by atomic mass is 32.2. The second kappa shape index (κ2) is 5.87. The van der Waals surface area contributed by atoms with Crippen molar-refractivity contribution >= 4 is 17.7 Å². The van der Waals surface area contributed by atoms with Crippen LogP contribution < -0.4 is 0 Å². The molecule has 0 aromatic carbocycles. The number of rotatable bonds is 5. The summed E-state index contributed by atoms with van der Waals surface area (Å²) < 4.78 is 38.5. The fraction of sp³-hybridized carbons (Fsp3) is 0.333. The summed E-state index contributed by atoms with van der Waals surface area (Å²) in [6, 6.07) is 2.81. The zero-order valence-corrected chi connectivity index (χ0v) is 9.22. The quantitative estimate of drug-likeness (QED) is 0.655. The van der Waals surface area contributed by atoms with Gasteiger partial charge in [-0.05, 0) is 12.1 Å². The molecule has 0 aliphatic carbocycles. The molecule has 17 heavy (non-hydrogen) atoms. The summed E-state index contributed by atoms with van der Waals surface area (Å²) in [5.41, 5.74) is -0.147. The number of aromatic carboxylic acids is 1. The van der Waals surface area contributed by atoms with Crippen molar-refractivity contribution in [1.29, 1.82) is 0 Å². The maximum Gasteiger partial charge on any atom is 0.522 e. The largest absolute Gasteiger partial charge is 0.522 e. The summed E-state index contributed by atoms with van der Waals surface area (Å²) in [4.78, 5) is 14.7.